The normalized spacial score (nSPS) is 10.6. The second-order valence-corrected chi connectivity index (χ2v) is 5.87. The van der Waals surface area contributed by atoms with Crippen LogP contribution in [0.2, 0.25) is 0 Å². The number of aryl methyl sites for hydroxylation is 1. The monoisotopic (exact) mass is 320 g/mol. The average Bonchev–Trinajstić information content (AvgIpc) is 2.58. The Labute approximate surface area is 141 Å². The first-order valence-corrected chi connectivity index (χ1v) is 7.83. The number of anilines is 2. The summed E-state index contributed by atoms with van der Waals surface area (Å²) in [7, 11) is 1.86. The number of para-hydroxylation sites is 1. The topological polar surface area (TPSA) is 58.1 Å². The van der Waals surface area contributed by atoms with Crippen molar-refractivity contribution in [1.29, 1.82) is 0 Å². The summed E-state index contributed by atoms with van der Waals surface area (Å²) in [6.07, 6.45) is 1.52. The van der Waals surface area contributed by atoms with Gasteiger partial charge in [0, 0.05) is 18.1 Å². The second-order valence-electron chi connectivity index (χ2n) is 5.87. The quantitative estimate of drug-likeness (QED) is 0.801. The maximum atomic E-state index is 12.4. The Morgan fingerprint density at radius 2 is 1.88 bits per heavy atom. The lowest BCUT2D eigenvalue weighted by molar-refractivity contribution is -0.114. The lowest BCUT2D eigenvalue weighted by atomic mass is 10.1. The van der Waals surface area contributed by atoms with Crippen molar-refractivity contribution in [3.05, 3.63) is 59.9 Å². The largest absolute Gasteiger partial charge is 0.350 e. The molecule has 0 unspecified atom stereocenters. The lowest BCUT2D eigenvalue weighted by Crippen LogP contribution is -2.31. The van der Waals surface area contributed by atoms with Crippen LogP contribution in [0.15, 0.2) is 48.8 Å². The number of carbonyl (C=O) groups excluding carboxylic acids is 1. The molecule has 0 fully saturated rings. The van der Waals surface area contributed by atoms with Gasteiger partial charge in [0.15, 0.2) is 0 Å². The van der Waals surface area contributed by atoms with E-state index in [4.69, 9.17) is 0 Å². The Morgan fingerprint density at radius 3 is 2.71 bits per heavy atom. The number of benzene rings is 2. The zero-order valence-corrected chi connectivity index (χ0v) is 14.1. The van der Waals surface area contributed by atoms with E-state index in [0.29, 0.717) is 0 Å². The van der Waals surface area contributed by atoms with Crippen molar-refractivity contribution in [1.82, 2.24) is 9.97 Å². The van der Waals surface area contributed by atoms with Gasteiger partial charge < -0.3 is 10.2 Å². The van der Waals surface area contributed by atoms with Crippen LogP contribution >= 0.6 is 0 Å². The van der Waals surface area contributed by atoms with Crippen LogP contribution in [0.5, 0.6) is 0 Å². The molecule has 0 aliphatic heterocycles. The van der Waals surface area contributed by atoms with Crippen molar-refractivity contribution in [2.24, 2.45) is 0 Å². The third kappa shape index (κ3) is 3.20. The molecule has 5 nitrogen and oxygen atoms in total. The van der Waals surface area contributed by atoms with Crippen molar-refractivity contribution in [2.45, 2.75) is 13.8 Å². The van der Waals surface area contributed by atoms with E-state index in [9.17, 15) is 4.79 Å². The van der Waals surface area contributed by atoms with Crippen LogP contribution in [0.25, 0.3) is 10.9 Å². The van der Waals surface area contributed by atoms with Gasteiger partial charge in [-0.2, -0.15) is 0 Å². The molecule has 2 aromatic carbocycles. The molecule has 1 aromatic heterocycles. The molecule has 0 spiro atoms. The third-order valence-corrected chi connectivity index (χ3v) is 4.14. The molecule has 3 aromatic rings. The van der Waals surface area contributed by atoms with Crippen molar-refractivity contribution in [3.8, 4) is 0 Å². The van der Waals surface area contributed by atoms with E-state index in [0.717, 1.165) is 33.5 Å². The highest BCUT2D eigenvalue weighted by molar-refractivity contribution is 5.96. The van der Waals surface area contributed by atoms with Gasteiger partial charge in [-0.25, -0.2) is 9.97 Å². The van der Waals surface area contributed by atoms with Gasteiger partial charge in [-0.3, -0.25) is 4.79 Å². The van der Waals surface area contributed by atoms with Crippen LogP contribution in [0.4, 0.5) is 11.5 Å². The fraction of sp³-hybridized carbons (Fsp3) is 0.211. The van der Waals surface area contributed by atoms with Gasteiger partial charge in [0.1, 0.15) is 12.1 Å². The van der Waals surface area contributed by atoms with E-state index in [1.54, 1.807) is 0 Å². The van der Waals surface area contributed by atoms with Crippen molar-refractivity contribution in [2.75, 3.05) is 23.8 Å². The SMILES string of the molecule is Cc1cccc(NC(=O)CN(C)c2ncnc3ccccc23)c1C. The number of carbonyl (C=O) groups is 1. The number of likely N-dealkylation sites (N-methyl/N-ethyl adjacent to an activating group) is 1. The molecule has 0 saturated heterocycles. The number of aromatic nitrogens is 2. The summed E-state index contributed by atoms with van der Waals surface area (Å²) in [5, 5.41) is 3.91. The second kappa shape index (κ2) is 6.66. The first-order chi connectivity index (χ1) is 11.6. The summed E-state index contributed by atoms with van der Waals surface area (Å²) in [5.74, 6) is 0.672. The minimum atomic E-state index is -0.0751. The predicted octanol–water partition coefficient (Wildman–Crippen LogP) is 3.32. The Balaban J connectivity index is 1.77. The fourth-order valence-corrected chi connectivity index (χ4v) is 2.66. The van der Waals surface area contributed by atoms with E-state index in [-0.39, 0.29) is 12.5 Å². The van der Waals surface area contributed by atoms with Gasteiger partial charge in [-0.15, -0.1) is 0 Å². The van der Waals surface area contributed by atoms with Gasteiger partial charge >= 0.3 is 0 Å². The fourth-order valence-electron chi connectivity index (χ4n) is 2.66. The van der Waals surface area contributed by atoms with E-state index in [1.165, 1.54) is 6.33 Å². The molecule has 0 saturated carbocycles. The van der Waals surface area contributed by atoms with E-state index in [1.807, 2.05) is 68.3 Å². The Bertz CT molecular complexity index is 886. The number of hydrogen-bond acceptors (Lipinski definition) is 4. The van der Waals surface area contributed by atoms with E-state index in [2.05, 4.69) is 15.3 Å². The van der Waals surface area contributed by atoms with Crippen LogP contribution in [0, 0.1) is 13.8 Å². The van der Waals surface area contributed by atoms with Crippen molar-refractivity contribution >= 4 is 28.3 Å². The Kier molecular flexibility index (Phi) is 4.42. The number of nitrogens with zero attached hydrogens (tertiary/aromatic N) is 3. The summed E-state index contributed by atoms with van der Waals surface area (Å²) in [6, 6.07) is 13.7. The van der Waals surface area contributed by atoms with Crippen molar-refractivity contribution in [3.63, 3.8) is 0 Å². The molecule has 0 aliphatic rings. The molecule has 1 N–H and O–H groups in total. The van der Waals surface area contributed by atoms with Gasteiger partial charge in [-0.05, 0) is 43.2 Å². The lowest BCUT2D eigenvalue weighted by Gasteiger charge is -2.19. The van der Waals surface area contributed by atoms with Gasteiger partial charge in [0.2, 0.25) is 5.91 Å². The number of rotatable bonds is 4. The number of amides is 1. The summed E-state index contributed by atoms with van der Waals surface area (Å²) in [4.78, 5) is 22.8. The smallest absolute Gasteiger partial charge is 0.243 e. The van der Waals surface area contributed by atoms with Crippen LogP contribution in [-0.2, 0) is 4.79 Å². The summed E-state index contributed by atoms with van der Waals surface area (Å²) < 4.78 is 0. The van der Waals surface area contributed by atoms with Crippen LogP contribution in [-0.4, -0.2) is 29.5 Å². The van der Waals surface area contributed by atoms with Gasteiger partial charge in [0.05, 0.1) is 12.1 Å². The highest BCUT2D eigenvalue weighted by Crippen LogP contribution is 2.22. The van der Waals surface area contributed by atoms with Gasteiger partial charge in [0.25, 0.3) is 0 Å². The molecule has 1 amide bonds. The molecule has 122 valence electrons. The predicted molar refractivity (Wildman–Crippen MR) is 97.4 cm³/mol. The van der Waals surface area contributed by atoms with E-state index >= 15 is 0 Å². The molecule has 0 bridgehead atoms. The highest BCUT2D eigenvalue weighted by Gasteiger charge is 2.13. The van der Waals surface area contributed by atoms with Crippen LogP contribution in [0.1, 0.15) is 11.1 Å². The highest BCUT2D eigenvalue weighted by atomic mass is 16.2. The van der Waals surface area contributed by atoms with Crippen molar-refractivity contribution < 1.29 is 4.79 Å². The van der Waals surface area contributed by atoms with Crippen LogP contribution in [0.3, 0.4) is 0 Å². The first kappa shape index (κ1) is 15.9. The molecule has 5 heteroatoms. The van der Waals surface area contributed by atoms with Gasteiger partial charge in [-0.1, -0.05) is 24.3 Å². The summed E-state index contributed by atoms with van der Waals surface area (Å²) in [5.41, 5.74) is 3.95. The van der Waals surface area contributed by atoms with Crippen LogP contribution < -0.4 is 10.2 Å². The summed E-state index contributed by atoms with van der Waals surface area (Å²) >= 11 is 0. The molecule has 24 heavy (non-hydrogen) atoms. The molecular weight excluding hydrogens is 300 g/mol. The maximum Gasteiger partial charge on any atom is 0.243 e. The molecule has 1 heterocycles. The molecule has 0 aliphatic carbocycles. The standard InChI is InChI=1S/C19H20N4O/c1-13-7-6-10-16(14(13)2)22-18(24)11-23(3)19-15-8-4-5-9-17(15)20-12-21-19/h4-10,12H,11H2,1-3H3,(H,22,24). The van der Waals surface area contributed by atoms with E-state index < -0.39 is 0 Å². The zero-order chi connectivity index (χ0) is 17.1. The Morgan fingerprint density at radius 1 is 1.08 bits per heavy atom. The number of hydrogen-bond donors (Lipinski definition) is 1. The molecule has 0 atom stereocenters. The average molecular weight is 320 g/mol. The molecule has 0 radical (unpaired) electrons. The molecular formula is C19H20N4O. The Hall–Kier alpha value is -2.95. The number of nitrogens with one attached hydrogen (secondary N) is 1. The maximum absolute atomic E-state index is 12.4. The first-order valence-electron chi connectivity index (χ1n) is 7.83. The summed E-state index contributed by atoms with van der Waals surface area (Å²) in [6.45, 7) is 4.26. The minimum Gasteiger partial charge on any atom is -0.350 e. The zero-order valence-electron chi connectivity index (χ0n) is 14.1. The minimum absolute atomic E-state index is 0.0751. The number of fused-ring (bicyclic) bond motifs is 1. The third-order valence-electron chi connectivity index (χ3n) is 4.14. The molecule has 3 rings (SSSR count).